The van der Waals surface area contributed by atoms with Crippen LogP contribution in [-0.4, -0.2) is 49.3 Å². The van der Waals surface area contributed by atoms with E-state index in [4.69, 9.17) is 18.9 Å². The van der Waals surface area contributed by atoms with E-state index < -0.39 is 29.5 Å². The van der Waals surface area contributed by atoms with Crippen LogP contribution < -0.4 is 0 Å². The van der Waals surface area contributed by atoms with Gasteiger partial charge < -0.3 is 18.9 Å². The van der Waals surface area contributed by atoms with Gasteiger partial charge in [0.15, 0.2) is 0 Å². The monoisotopic (exact) mass is 388 g/mol. The lowest BCUT2D eigenvalue weighted by Crippen LogP contribution is -2.24. The van der Waals surface area contributed by atoms with E-state index in [1.807, 2.05) is 20.8 Å². The van der Waals surface area contributed by atoms with Gasteiger partial charge in [-0.2, -0.15) is 0 Å². The van der Waals surface area contributed by atoms with Crippen LogP contribution in [0.25, 0.3) is 0 Å². The lowest BCUT2D eigenvalue weighted by molar-refractivity contribution is -0.159. The summed E-state index contributed by atoms with van der Waals surface area (Å²) < 4.78 is 19.8. The number of carbonyl (C=O) groups excluding carboxylic acids is 4. The highest BCUT2D eigenvalue weighted by Crippen LogP contribution is 2.13. The highest BCUT2D eigenvalue weighted by Gasteiger charge is 2.18. The number of carbonyl (C=O) groups is 4. The van der Waals surface area contributed by atoms with Gasteiger partial charge in [0.25, 0.3) is 0 Å². The summed E-state index contributed by atoms with van der Waals surface area (Å²) in [5, 5.41) is 0. The summed E-state index contributed by atoms with van der Waals surface area (Å²) in [4.78, 5) is 46.0. The minimum absolute atomic E-state index is 0.0649. The van der Waals surface area contributed by atoms with Gasteiger partial charge in [0.2, 0.25) is 0 Å². The molecule has 0 aromatic heterocycles. The Hall–Kier alpha value is -2.12. The van der Waals surface area contributed by atoms with E-state index in [2.05, 4.69) is 0 Å². The molecule has 27 heavy (non-hydrogen) atoms. The Morgan fingerprint density at radius 1 is 0.593 bits per heavy atom. The molecule has 0 N–H and O–H groups in total. The van der Waals surface area contributed by atoms with Crippen molar-refractivity contribution >= 4 is 23.9 Å². The predicted octanol–water partition coefficient (Wildman–Crippen LogP) is 2.56. The van der Waals surface area contributed by atoms with Gasteiger partial charge in [0, 0.05) is 0 Å². The van der Waals surface area contributed by atoms with Crippen molar-refractivity contribution in [3.05, 3.63) is 0 Å². The molecule has 0 aromatic carbocycles. The van der Waals surface area contributed by atoms with Gasteiger partial charge in [-0.25, -0.2) is 0 Å². The van der Waals surface area contributed by atoms with Gasteiger partial charge in [0.1, 0.15) is 18.8 Å². The van der Waals surface area contributed by atoms with E-state index in [0.717, 1.165) is 0 Å². The summed E-state index contributed by atoms with van der Waals surface area (Å²) in [5.41, 5.74) is -0.738. The van der Waals surface area contributed by atoms with E-state index in [1.54, 1.807) is 20.8 Å². The number of esters is 4. The van der Waals surface area contributed by atoms with Crippen LogP contribution in [0, 0.1) is 5.41 Å². The molecule has 0 saturated heterocycles. The van der Waals surface area contributed by atoms with E-state index in [1.165, 1.54) is 0 Å². The van der Waals surface area contributed by atoms with Crippen LogP contribution in [0.4, 0.5) is 0 Å². The maximum atomic E-state index is 11.5. The Morgan fingerprint density at radius 2 is 0.963 bits per heavy atom. The molecule has 0 unspecified atom stereocenters. The van der Waals surface area contributed by atoms with Crippen molar-refractivity contribution in [2.24, 2.45) is 5.41 Å². The van der Waals surface area contributed by atoms with E-state index in [-0.39, 0.29) is 50.9 Å². The fourth-order valence-corrected chi connectivity index (χ4v) is 1.63. The molecule has 0 aromatic rings. The Bertz CT molecular complexity index is 511. The SMILES string of the molecule is CC(C)(C)COC(=O)CCC(=O)OCCOC(=O)CCC(=O)OC(C)(C)C. The highest BCUT2D eigenvalue weighted by molar-refractivity contribution is 5.78. The van der Waals surface area contributed by atoms with Crippen molar-refractivity contribution in [2.45, 2.75) is 72.8 Å². The van der Waals surface area contributed by atoms with Crippen LogP contribution in [-0.2, 0) is 38.1 Å². The number of ether oxygens (including phenoxy) is 4. The first kappa shape index (κ1) is 24.9. The molecular weight excluding hydrogens is 356 g/mol. The fourth-order valence-electron chi connectivity index (χ4n) is 1.63. The van der Waals surface area contributed by atoms with Gasteiger partial charge in [-0.3, -0.25) is 19.2 Å². The van der Waals surface area contributed by atoms with Crippen molar-refractivity contribution in [2.75, 3.05) is 19.8 Å². The van der Waals surface area contributed by atoms with Crippen LogP contribution >= 0.6 is 0 Å². The molecule has 0 spiro atoms. The summed E-state index contributed by atoms with van der Waals surface area (Å²) in [7, 11) is 0. The second-order valence-electron chi connectivity index (χ2n) is 8.25. The zero-order valence-electron chi connectivity index (χ0n) is 17.2. The van der Waals surface area contributed by atoms with Gasteiger partial charge in [0.05, 0.1) is 32.3 Å². The molecule has 0 aliphatic heterocycles. The Kier molecular flexibility index (Phi) is 10.7. The first-order valence-electron chi connectivity index (χ1n) is 8.97. The zero-order valence-corrected chi connectivity index (χ0v) is 17.2. The van der Waals surface area contributed by atoms with E-state index >= 15 is 0 Å². The molecule has 0 radical (unpaired) electrons. The average molecular weight is 388 g/mol. The standard InChI is InChI=1S/C19H32O8/c1-18(2,3)13-26-16(22)8-7-14(20)24-11-12-25-15(21)9-10-17(23)27-19(4,5)6/h7-13H2,1-6H3. The first-order valence-corrected chi connectivity index (χ1v) is 8.97. The van der Waals surface area contributed by atoms with Crippen LogP contribution in [0.5, 0.6) is 0 Å². The summed E-state index contributed by atoms with van der Waals surface area (Å²) in [6.07, 6.45) is -0.352. The fraction of sp³-hybridized carbons (Fsp3) is 0.789. The van der Waals surface area contributed by atoms with Crippen molar-refractivity contribution < 1.29 is 38.1 Å². The molecule has 156 valence electrons. The van der Waals surface area contributed by atoms with Crippen LogP contribution in [0.15, 0.2) is 0 Å². The molecule has 0 rings (SSSR count). The molecule has 0 atom stereocenters. The van der Waals surface area contributed by atoms with Crippen LogP contribution in [0.1, 0.15) is 67.2 Å². The van der Waals surface area contributed by atoms with E-state index in [0.29, 0.717) is 0 Å². The van der Waals surface area contributed by atoms with Crippen LogP contribution in [0.2, 0.25) is 0 Å². The number of rotatable bonds is 10. The quantitative estimate of drug-likeness (QED) is 0.319. The molecule has 0 aliphatic carbocycles. The van der Waals surface area contributed by atoms with Gasteiger partial charge in [-0.1, -0.05) is 20.8 Å². The average Bonchev–Trinajstić information content (AvgIpc) is 2.50. The van der Waals surface area contributed by atoms with Crippen molar-refractivity contribution in [1.29, 1.82) is 0 Å². The predicted molar refractivity (Wildman–Crippen MR) is 96.6 cm³/mol. The maximum Gasteiger partial charge on any atom is 0.306 e. The second kappa shape index (κ2) is 11.6. The first-order chi connectivity index (χ1) is 12.3. The van der Waals surface area contributed by atoms with Crippen molar-refractivity contribution in [3.8, 4) is 0 Å². The lowest BCUT2D eigenvalue weighted by atomic mass is 9.99. The van der Waals surface area contributed by atoms with Crippen LogP contribution in [0.3, 0.4) is 0 Å². The van der Waals surface area contributed by atoms with E-state index in [9.17, 15) is 19.2 Å². The Morgan fingerprint density at radius 3 is 1.33 bits per heavy atom. The molecule has 0 fully saturated rings. The summed E-state index contributed by atoms with van der Waals surface area (Å²) in [6.45, 7) is 11.1. The number of hydrogen-bond acceptors (Lipinski definition) is 8. The molecule has 8 nitrogen and oxygen atoms in total. The molecule has 0 heterocycles. The van der Waals surface area contributed by atoms with Gasteiger partial charge in [-0.15, -0.1) is 0 Å². The summed E-state index contributed by atoms with van der Waals surface area (Å²) in [5.74, 6) is -2.10. The molecular formula is C19H32O8. The minimum atomic E-state index is -0.603. The third kappa shape index (κ3) is 17.1. The Labute approximate surface area is 160 Å². The molecule has 8 heteroatoms. The van der Waals surface area contributed by atoms with Gasteiger partial charge >= 0.3 is 23.9 Å². The smallest absolute Gasteiger partial charge is 0.306 e. The number of hydrogen-bond donors (Lipinski definition) is 0. The molecule has 0 saturated carbocycles. The maximum absolute atomic E-state index is 11.5. The highest BCUT2D eigenvalue weighted by atomic mass is 16.6. The zero-order chi connectivity index (χ0) is 21.1. The minimum Gasteiger partial charge on any atom is -0.465 e. The third-order valence-electron chi connectivity index (χ3n) is 2.76. The summed E-state index contributed by atoms with van der Waals surface area (Å²) in [6, 6.07) is 0. The second-order valence-corrected chi connectivity index (χ2v) is 8.25. The molecule has 0 aliphatic rings. The van der Waals surface area contributed by atoms with Crippen molar-refractivity contribution in [1.82, 2.24) is 0 Å². The van der Waals surface area contributed by atoms with Crippen molar-refractivity contribution in [3.63, 3.8) is 0 Å². The molecule has 0 bridgehead atoms. The normalized spacial score (nSPS) is 11.5. The molecule has 0 amide bonds. The third-order valence-corrected chi connectivity index (χ3v) is 2.76. The topological polar surface area (TPSA) is 105 Å². The summed E-state index contributed by atoms with van der Waals surface area (Å²) >= 11 is 0. The Balaban J connectivity index is 3.76. The lowest BCUT2D eigenvalue weighted by Gasteiger charge is -2.19. The largest absolute Gasteiger partial charge is 0.465 e. The van der Waals surface area contributed by atoms with Gasteiger partial charge in [-0.05, 0) is 26.2 Å².